The van der Waals surface area contributed by atoms with Crippen LogP contribution in [0.1, 0.15) is 6.92 Å². The summed E-state index contributed by atoms with van der Waals surface area (Å²) in [5, 5.41) is 1.25. The van der Waals surface area contributed by atoms with Gasteiger partial charge in [-0.25, -0.2) is 9.80 Å². The van der Waals surface area contributed by atoms with Crippen molar-refractivity contribution in [3.8, 4) is 0 Å². The molecule has 0 atom stereocenters. The summed E-state index contributed by atoms with van der Waals surface area (Å²) in [6.45, 7) is 2.01. The van der Waals surface area contributed by atoms with Gasteiger partial charge in [-0.15, -0.1) is 0 Å². The molecule has 0 saturated carbocycles. The first-order valence-electron chi connectivity index (χ1n) is 3.49. The molecule has 0 saturated heterocycles. The number of nitrogens with zero attached hydrogens (tertiary/aromatic N) is 1. The molecule has 0 spiro atoms. The number of carbonyl (C=O) groups is 2. The molecule has 0 aliphatic heterocycles. The zero-order chi connectivity index (χ0) is 9.56. The summed E-state index contributed by atoms with van der Waals surface area (Å²) in [4.78, 5) is 21.0. The van der Waals surface area contributed by atoms with E-state index in [4.69, 9.17) is 5.73 Å². The van der Waals surface area contributed by atoms with E-state index in [0.29, 0.717) is 6.61 Å². The van der Waals surface area contributed by atoms with Gasteiger partial charge in [0.25, 0.3) is 0 Å². The van der Waals surface area contributed by atoms with E-state index in [0.717, 1.165) is 0 Å². The quantitative estimate of drug-likeness (QED) is 0.427. The Morgan fingerprint density at radius 1 is 1.58 bits per heavy atom. The van der Waals surface area contributed by atoms with Crippen molar-refractivity contribution in [1.29, 1.82) is 0 Å². The number of nitrogens with two attached hydrogens (primary N) is 1. The van der Waals surface area contributed by atoms with Gasteiger partial charge >= 0.3 is 12.0 Å². The Kier molecular flexibility index (Phi) is 4.78. The second-order valence-electron chi connectivity index (χ2n) is 2.14. The normalized spacial score (nSPS) is 9.58. The Hall–Kier alpha value is -1.30. The molecule has 6 nitrogen and oxygen atoms in total. The van der Waals surface area contributed by atoms with Gasteiger partial charge in [0.1, 0.15) is 6.54 Å². The second-order valence-corrected chi connectivity index (χ2v) is 2.14. The third-order valence-electron chi connectivity index (χ3n) is 0.973. The first kappa shape index (κ1) is 10.7. The molecular weight excluding hydrogens is 162 g/mol. The van der Waals surface area contributed by atoms with Crippen molar-refractivity contribution in [2.75, 3.05) is 20.2 Å². The summed E-state index contributed by atoms with van der Waals surface area (Å²) in [7, 11) is 1.52. The number of likely N-dealkylation sites (N-methyl/N-ethyl adjacent to an activating group) is 1. The largest absolute Gasteiger partial charge is 0.465 e. The van der Waals surface area contributed by atoms with Gasteiger partial charge in [0, 0.05) is 7.05 Å². The summed E-state index contributed by atoms with van der Waals surface area (Å²) in [5.41, 5.74) is 7.00. The van der Waals surface area contributed by atoms with Crippen LogP contribution in [0.4, 0.5) is 4.79 Å². The van der Waals surface area contributed by atoms with Crippen LogP contribution in [0, 0.1) is 0 Å². The van der Waals surface area contributed by atoms with Crippen molar-refractivity contribution in [3.05, 3.63) is 0 Å². The highest BCUT2D eigenvalue weighted by molar-refractivity contribution is 5.74. The molecule has 0 unspecified atom stereocenters. The smallest absolute Gasteiger partial charge is 0.326 e. The van der Waals surface area contributed by atoms with Crippen molar-refractivity contribution in [3.63, 3.8) is 0 Å². The number of esters is 1. The number of hydrazine groups is 1. The van der Waals surface area contributed by atoms with Crippen LogP contribution in [0.5, 0.6) is 0 Å². The van der Waals surface area contributed by atoms with E-state index in [1.165, 1.54) is 12.1 Å². The van der Waals surface area contributed by atoms with Crippen molar-refractivity contribution in [2.24, 2.45) is 5.73 Å². The first-order chi connectivity index (χ1) is 5.56. The molecule has 0 rings (SSSR count). The van der Waals surface area contributed by atoms with E-state index < -0.39 is 12.0 Å². The molecular formula is C6H13N3O3. The van der Waals surface area contributed by atoms with Gasteiger partial charge in [-0.2, -0.15) is 0 Å². The monoisotopic (exact) mass is 175 g/mol. The fourth-order valence-corrected chi connectivity index (χ4v) is 0.628. The highest BCUT2D eigenvalue weighted by Gasteiger charge is 2.07. The molecule has 0 aliphatic carbocycles. The highest BCUT2D eigenvalue weighted by Crippen LogP contribution is 1.81. The van der Waals surface area contributed by atoms with Crippen LogP contribution < -0.4 is 11.2 Å². The van der Waals surface area contributed by atoms with E-state index >= 15 is 0 Å². The number of primary amides is 1. The number of urea groups is 1. The SMILES string of the molecule is CCOC(=O)CN(C)NC(N)=O. The highest BCUT2D eigenvalue weighted by atomic mass is 16.5. The predicted octanol–water partition coefficient (Wildman–Crippen LogP) is -0.935. The van der Waals surface area contributed by atoms with Gasteiger partial charge in [-0.1, -0.05) is 0 Å². The number of nitrogens with one attached hydrogen (secondary N) is 1. The maximum atomic E-state index is 10.8. The molecule has 0 aromatic heterocycles. The number of hydrogen-bond donors (Lipinski definition) is 2. The van der Waals surface area contributed by atoms with Gasteiger partial charge < -0.3 is 10.5 Å². The van der Waals surface area contributed by atoms with E-state index in [1.54, 1.807) is 6.92 Å². The fourth-order valence-electron chi connectivity index (χ4n) is 0.628. The minimum Gasteiger partial charge on any atom is -0.465 e. The van der Waals surface area contributed by atoms with Crippen molar-refractivity contribution in [2.45, 2.75) is 6.92 Å². The topological polar surface area (TPSA) is 84.7 Å². The van der Waals surface area contributed by atoms with Crippen LogP contribution >= 0.6 is 0 Å². The number of hydrogen-bond acceptors (Lipinski definition) is 4. The van der Waals surface area contributed by atoms with Crippen molar-refractivity contribution >= 4 is 12.0 Å². The van der Waals surface area contributed by atoms with Crippen LogP contribution in [-0.2, 0) is 9.53 Å². The number of carbonyl (C=O) groups excluding carboxylic acids is 2. The lowest BCUT2D eigenvalue weighted by Crippen LogP contribution is -2.45. The molecule has 12 heavy (non-hydrogen) atoms. The standard InChI is InChI=1S/C6H13N3O3/c1-3-12-5(10)4-9(2)8-6(7)11/h3-4H2,1-2H3,(H3,7,8,11). The third-order valence-corrected chi connectivity index (χ3v) is 0.973. The Morgan fingerprint density at radius 3 is 2.58 bits per heavy atom. The summed E-state index contributed by atoms with van der Waals surface area (Å²) >= 11 is 0. The van der Waals surface area contributed by atoms with Gasteiger partial charge in [-0.05, 0) is 6.92 Å². The van der Waals surface area contributed by atoms with Gasteiger partial charge in [-0.3, -0.25) is 10.2 Å². The Bertz CT molecular complexity index is 171. The summed E-state index contributed by atoms with van der Waals surface area (Å²) in [6.07, 6.45) is 0. The van der Waals surface area contributed by atoms with Crippen LogP contribution in [0.15, 0.2) is 0 Å². The van der Waals surface area contributed by atoms with E-state index in [9.17, 15) is 9.59 Å². The number of ether oxygens (including phenoxy) is 1. The molecule has 0 radical (unpaired) electrons. The maximum absolute atomic E-state index is 10.8. The molecule has 0 heterocycles. The molecule has 0 bridgehead atoms. The summed E-state index contributed by atoms with van der Waals surface area (Å²) in [6, 6.07) is -0.707. The minimum atomic E-state index is -0.707. The molecule has 3 N–H and O–H groups in total. The minimum absolute atomic E-state index is 0.0171. The zero-order valence-electron chi connectivity index (χ0n) is 7.16. The fraction of sp³-hybridized carbons (Fsp3) is 0.667. The maximum Gasteiger partial charge on any atom is 0.326 e. The molecule has 0 aromatic carbocycles. The number of rotatable bonds is 4. The van der Waals surface area contributed by atoms with Crippen LogP contribution in [0.25, 0.3) is 0 Å². The van der Waals surface area contributed by atoms with Gasteiger partial charge in [0.2, 0.25) is 0 Å². The second kappa shape index (κ2) is 5.36. The average molecular weight is 175 g/mol. The van der Waals surface area contributed by atoms with Crippen LogP contribution in [0.2, 0.25) is 0 Å². The van der Waals surface area contributed by atoms with E-state index in [1.807, 2.05) is 0 Å². The molecule has 0 fully saturated rings. The lowest BCUT2D eigenvalue weighted by molar-refractivity contribution is -0.144. The Labute approximate surface area is 70.6 Å². The third kappa shape index (κ3) is 5.48. The molecule has 0 aromatic rings. The van der Waals surface area contributed by atoms with E-state index in [2.05, 4.69) is 10.2 Å². The van der Waals surface area contributed by atoms with Crippen molar-refractivity contribution < 1.29 is 14.3 Å². The van der Waals surface area contributed by atoms with Crippen LogP contribution in [0.3, 0.4) is 0 Å². The van der Waals surface area contributed by atoms with E-state index in [-0.39, 0.29) is 6.54 Å². The number of amides is 2. The molecule has 0 aliphatic rings. The Balaban J connectivity index is 3.61. The van der Waals surface area contributed by atoms with Crippen molar-refractivity contribution in [1.82, 2.24) is 10.4 Å². The summed E-state index contributed by atoms with van der Waals surface area (Å²) < 4.78 is 4.62. The average Bonchev–Trinajstić information content (AvgIpc) is 1.84. The molecule has 2 amide bonds. The van der Waals surface area contributed by atoms with Crippen LogP contribution in [-0.4, -0.2) is 37.2 Å². The molecule has 6 heteroatoms. The first-order valence-corrected chi connectivity index (χ1v) is 3.49. The van der Waals surface area contributed by atoms with Gasteiger partial charge in [0.05, 0.1) is 6.61 Å². The predicted molar refractivity (Wildman–Crippen MR) is 42.0 cm³/mol. The lowest BCUT2D eigenvalue weighted by Gasteiger charge is -2.14. The summed E-state index contributed by atoms with van der Waals surface area (Å²) in [5.74, 6) is -0.409. The Morgan fingerprint density at radius 2 is 2.17 bits per heavy atom. The van der Waals surface area contributed by atoms with Gasteiger partial charge in [0.15, 0.2) is 0 Å². The molecule has 70 valence electrons. The zero-order valence-corrected chi connectivity index (χ0v) is 7.16. The lowest BCUT2D eigenvalue weighted by atomic mass is 10.6.